The highest BCUT2D eigenvalue weighted by Crippen LogP contribution is 2.28. The van der Waals surface area contributed by atoms with Gasteiger partial charge < -0.3 is 4.57 Å². The van der Waals surface area contributed by atoms with Crippen molar-refractivity contribution in [1.82, 2.24) is 9.55 Å². The first kappa shape index (κ1) is 17.3. The average Bonchev–Trinajstić information content (AvgIpc) is 3.19. The molecule has 0 aliphatic heterocycles. The predicted molar refractivity (Wildman–Crippen MR) is 111 cm³/mol. The fourth-order valence-corrected chi connectivity index (χ4v) is 3.56. The Bertz CT molecular complexity index is 943. The Balaban J connectivity index is 1.55. The Hall–Kier alpha value is -3.13. The Morgan fingerprint density at radius 3 is 1.96 bits per heavy atom. The van der Waals surface area contributed by atoms with E-state index in [1.54, 1.807) is 0 Å². The smallest absolute Gasteiger partial charge is 0.0952 e. The van der Waals surface area contributed by atoms with Crippen molar-refractivity contribution >= 4 is 0 Å². The van der Waals surface area contributed by atoms with Gasteiger partial charge in [0, 0.05) is 18.7 Å². The third-order valence-corrected chi connectivity index (χ3v) is 4.98. The van der Waals surface area contributed by atoms with E-state index in [0.29, 0.717) is 5.92 Å². The maximum atomic E-state index is 4.76. The standard InChI is InChI=1S/C25H24N2/c1-4-10-21(11-5-1)16-17-24(23-14-8-3-9-15-23)25-19-27(20-26-25)18-22-12-6-2-7-13-22/h1-15,19-20,24H,16-18H2. The second-order valence-corrected chi connectivity index (χ2v) is 6.94. The average molecular weight is 352 g/mol. The molecule has 0 aliphatic carbocycles. The highest BCUT2D eigenvalue weighted by molar-refractivity contribution is 5.28. The van der Waals surface area contributed by atoms with E-state index in [-0.39, 0.29) is 0 Å². The zero-order chi connectivity index (χ0) is 18.3. The minimum Gasteiger partial charge on any atom is -0.333 e. The molecular weight excluding hydrogens is 328 g/mol. The van der Waals surface area contributed by atoms with Crippen LogP contribution in [0.2, 0.25) is 0 Å². The van der Waals surface area contributed by atoms with Crippen molar-refractivity contribution in [3.05, 3.63) is 126 Å². The molecule has 0 fully saturated rings. The normalized spacial score (nSPS) is 12.0. The summed E-state index contributed by atoms with van der Waals surface area (Å²) >= 11 is 0. The van der Waals surface area contributed by atoms with E-state index in [2.05, 4.69) is 102 Å². The Labute approximate surface area is 161 Å². The molecule has 0 spiro atoms. The first-order valence-electron chi connectivity index (χ1n) is 9.53. The van der Waals surface area contributed by atoms with E-state index >= 15 is 0 Å². The van der Waals surface area contributed by atoms with Gasteiger partial charge in [-0.25, -0.2) is 4.98 Å². The SMILES string of the molecule is c1ccc(CCC(c2ccccc2)c2cn(Cc3ccccc3)cn2)cc1. The molecule has 27 heavy (non-hydrogen) atoms. The lowest BCUT2D eigenvalue weighted by atomic mass is 9.90. The molecule has 1 unspecified atom stereocenters. The maximum absolute atomic E-state index is 4.76. The molecule has 0 aliphatic rings. The highest BCUT2D eigenvalue weighted by Gasteiger charge is 2.17. The molecule has 4 rings (SSSR count). The number of imidazole rings is 1. The van der Waals surface area contributed by atoms with Gasteiger partial charge in [0.2, 0.25) is 0 Å². The minimum absolute atomic E-state index is 0.309. The monoisotopic (exact) mass is 352 g/mol. The molecule has 0 N–H and O–H groups in total. The van der Waals surface area contributed by atoms with Gasteiger partial charge in [0.1, 0.15) is 0 Å². The largest absolute Gasteiger partial charge is 0.333 e. The molecule has 1 aromatic heterocycles. The van der Waals surface area contributed by atoms with E-state index in [4.69, 9.17) is 4.98 Å². The van der Waals surface area contributed by atoms with Crippen molar-refractivity contribution in [2.75, 3.05) is 0 Å². The Morgan fingerprint density at radius 1 is 0.704 bits per heavy atom. The zero-order valence-corrected chi connectivity index (χ0v) is 15.4. The van der Waals surface area contributed by atoms with Gasteiger partial charge in [0.05, 0.1) is 12.0 Å². The summed E-state index contributed by atoms with van der Waals surface area (Å²) in [6, 6.07) is 32.0. The van der Waals surface area contributed by atoms with Crippen LogP contribution in [0, 0.1) is 0 Å². The molecular formula is C25H24N2. The maximum Gasteiger partial charge on any atom is 0.0952 e. The first-order chi connectivity index (χ1) is 13.4. The second kappa shape index (κ2) is 8.50. The van der Waals surface area contributed by atoms with Crippen LogP contribution >= 0.6 is 0 Å². The van der Waals surface area contributed by atoms with Crippen LogP contribution < -0.4 is 0 Å². The summed E-state index contributed by atoms with van der Waals surface area (Å²) in [4.78, 5) is 4.76. The topological polar surface area (TPSA) is 17.8 Å². The van der Waals surface area contributed by atoms with E-state index in [1.807, 2.05) is 6.33 Å². The van der Waals surface area contributed by atoms with Crippen molar-refractivity contribution in [2.24, 2.45) is 0 Å². The summed E-state index contributed by atoms with van der Waals surface area (Å²) in [7, 11) is 0. The molecule has 4 aromatic rings. The number of benzene rings is 3. The number of aromatic nitrogens is 2. The summed E-state index contributed by atoms with van der Waals surface area (Å²) in [6.07, 6.45) is 6.26. The van der Waals surface area contributed by atoms with E-state index in [0.717, 1.165) is 25.1 Å². The summed E-state index contributed by atoms with van der Waals surface area (Å²) in [5, 5.41) is 0. The van der Waals surface area contributed by atoms with Crippen LogP contribution in [-0.4, -0.2) is 9.55 Å². The quantitative estimate of drug-likeness (QED) is 0.417. The van der Waals surface area contributed by atoms with Crippen LogP contribution in [0.3, 0.4) is 0 Å². The summed E-state index contributed by atoms with van der Waals surface area (Å²) in [5.74, 6) is 0.309. The number of rotatable bonds is 7. The molecule has 0 saturated carbocycles. The molecule has 2 heteroatoms. The van der Waals surface area contributed by atoms with Crippen molar-refractivity contribution in [2.45, 2.75) is 25.3 Å². The van der Waals surface area contributed by atoms with Crippen LogP contribution in [0.1, 0.15) is 34.7 Å². The van der Waals surface area contributed by atoms with Gasteiger partial charge in [-0.3, -0.25) is 0 Å². The summed E-state index contributed by atoms with van der Waals surface area (Å²) in [6.45, 7) is 0.855. The molecule has 2 nitrogen and oxygen atoms in total. The van der Waals surface area contributed by atoms with Gasteiger partial charge in [-0.05, 0) is 29.5 Å². The minimum atomic E-state index is 0.309. The van der Waals surface area contributed by atoms with Crippen LogP contribution in [0.4, 0.5) is 0 Å². The first-order valence-corrected chi connectivity index (χ1v) is 9.53. The van der Waals surface area contributed by atoms with Crippen molar-refractivity contribution in [1.29, 1.82) is 0 Å². The van der Waals surface area contributed by atoms with Crippen molar-refractivity contribution in [3.63, 3.8) is 0 Å². The Kier molecular flexibility index (Phi) is 5.44. The molecule has 0 radical (unpaired) electrons. The predicted octanol–water partition coefficient (Wildman–Crippen LogP) is 5.70. The molecule has 134 valence electrons. The lowest BCUT2D eigenvalue weighted by molar-refractivity contribution is 0.697. The zero-order valence-electron chi connectivity index (χ0n) is 15.4. The van der Waals surface area contributed by atoms with Gasteiger partial charge in [0.15, 0.2) is 0 Å². The van der Waals surface area contributed by atoms with Crippen LogP contribution in [0.25, 0.3) is 0 Å². The van der Waals surface area contributed by atoms with Crippen LogP contribution in [0.15, 0.2) is 104 Å². The number of nitrogens with zero attached hydrogens (tertiary/aromatic N) is 2. The Morgan fingerprint density at radius 2 is 1.30 bits per heavy atom. The van der Waals surface area contributed by atoms with Crippen LogP contribution in [-0.2, 0) is 13.0 Å². The van der Waals surface area contributed by atoms with Crippen molar-refractivity contribution < 1.29 is 0 Å². The van der Waals surface area contributed by atoms with E-state index in [9.17, 15) is 0 Å². The molecule has 1 atom stereocenters. The summed E-state index contributed by atoms with van der Waals surface area (Å²) in [5.41, 5.74) is 5.15. The van der Waals surface area contributed by atoms with Gasteiger partial charge in [-0.15, -0.1) is 0 Å². The van der Waals surface area contributed by atoms with E-state index < -0.39 is 0 Å². The lowest BCUT2D eigenvalue weighted by Crippen LogP contribution is -2.04. The number of aryl methyl sites for hydroxylation is 1. The third-order valence-electron chi connectivity index (χ3n) is 4.98. The van der Waals surface area contributed by atoms with Gasteiger partial charge in [0.25, 0.3) is 0 Å². The second-order valence-electron chi connectivity index (χ2n) is 6.94. The number of hydrogen-bond acceptors (Lipinski definition) is 1. The fraction of sp³-hybridized carbons (Fsp3) is 0.160. The molecule has 3 aromatic carbocycles. The fourth-order valence-electron chi connectivity index (χ4n) is 3.56. The summed E-state index contributed by atoms with van der Waals surface area (Å²) < 4.78 is 2.18. The molecule has 0 saturated heterocycles. The van der Waals surface area contributed by atoms with Gasteiger partial charge >= 0.3 is 0 Å². The van der Waals surface area contributed by atoms with Gasteiger partial charge in [-0.2, -0.15) is 0 Å². The molecule has 0 bridgehead atoms. The molecule has 0 amide bonds. The molecule has 1 heterocycles. The highest BCUT2D eigenvalue weighted by atomic mass is 15.0. The van der Waals surface area contributed by atoms with Gasteiger partial charge in [-0.1, -0.05) is 91.0 Å². The third kappa shape index (κ3) is 4.53. The van der Waals surface area contributed by atoms with Crippen molar-refractivity contribution in [3.8, 4) is 0 Å². The van der Waals surface area contributed by atoms with Crippen LogP contribution in [0.5, 0.6) is 0 Å². The van der Waals surface area contributed by atoms with E-state index in [1.165, 1.54) is 16.7 Å². The lowest BCUT2D eigenvalue weighted by Gasteiger charge is -2.15. The number of hydrogen-bond donors (Lipinski definition) is 0.